The number of carbonyl (C=O) groups is 1. The fourth-order valence-electron chi connectivity index (χ4n) is 1.73. The normalized spacial score (nSPS) is 10.3. The van der Waals surface area contributed by atoms with E-state index in [-0.39, 0.29) is 0 Å². The van der Waals surface area contributed by atoms with Gasteiger partial charge in [0, 0.05) is 6.08 Å². The van der Waals surface area contributed by atoms with Crippen LogP contribution in [-0.4, -0.2) is 13.1 Å². The molecule has 0 N–H and O–H groups in total. The highest BCUT2D eigenvalue weighted by Gasteiger charge is 2.00. The Hall–Kier alpha value is -2.81. The summed E-state index contributed by atoms with van der Waals surface area (Å²) >= 11 is 0. The van der Waals surface area contributed by atoms with Crippen molar-refractivity contribution in [3.63, 3.8) is 0 Å². The summed E-state index contributed by atoms with van der Waals surface area (Å²) in [5, 5.41) is 0. The second-order valence-corrected chi connectivity index (χ2v) is 4.30. The SMILES string of the molecule is C=Cc1cccc(OC(=O)/C=C/c2ccc(OC)cc2)c1. The molecule has 0 saturated heterocycles. The zero-order valence-corrected chi connectivity index (χ0v) is 11.8. The summed E-state index contributed by atoms with van der Waals surface area (Å²) in [6, 6.07) is 14.6. The molecule has 3 nitrogen and oxygen atoms in total. The van der Waals surface area contributed by atoms with Gasteiger partial charge in [-0.15, -0.1) is 0 Å². The van der Waals surface area contributed by atoms with Crippen molar-refractivity contribution in [2.75, 3.05) is 7.11 Å². The van der Waals surface area contributed by atoms with Gasteiger partial charge in [-0.2, -0.15) is 0 Å². The van der Waals surface area contributed by atoms with Crippen LogP contribution in [0.1, 0.15) is 11.1 Å². The Labute approximate surface area is 124 Å². The van der Waals surface area contributed by atoms with Gasteiger partial charge in [0.1, 0.15) is 11.5 Å². The highest BCUT2D eigenvalue weighted by molar-refractivity contribution is 5.88. The lowest BCUT2D eigenvalue weighted by Crippen LogP contribution is -2.03. The number of hydrogen-bond donors (Lipinski definition) is 0. The fourth-order valence-corrected chi connectivity index (χ4v) is 1.73. The molecule has 0 aromatic heterocycles. The van der Waals surface area contributed by atoms with E-state index in [1.54, 1.807) is 31.4 Å². The van der Waals surface area contributed by atoms with Crippen LogP contribution >= 0.6 is 0 Å². The molecule has 2 aromatic rings. The van der Waals surface area contributed by atoms with Crippen LogP contribution < -0.4 is 9.47 Å². The van der Waals surface area contributed by atoms with Crippen molar-refractivity contribution in [2.45, 2.75) is 0 Å². The van der Waals surface area contributed by atoms with E-state index in [0.717, 1.165) is 16.9 Å². The van der Waals surface area contributed by atoms with Crippen molar-refractivity contribution >= 4 is 18.1 Å². The van der Waals surface area contributed by atoms with Crippen LogP contribution in [0.15, 0.2) is 61.2 Å². The lowest BCUT2D eigenvalue weighted by atomic mass is 10.2. The van der Waals surface area contributed by atoms with Crippen molar-refractivity contribution in [3.8, 4) is 11.5 Å². The molecule has 106 valence electrons. The minimum Gasteiger partial charge on any atom is -0.497 e. The van der Waals surface area contributed by atoms with Crippen LogP contribution in [0, 0.1) is 0 Å². The molecule has 0 radical (unpaired) electrons. The predicted molar refractivity (Wildman–Crippen MR) is 84.2 cm³/mol. The Morgan fingerprint density at radius 3 is 2.48 bits per heavy atom. The van der Waals surface area contributed by atoms with Gasteiger partial charge in [0.05, 0.1) is 7.11 Å². The largest absolute Gasteiger partial charge is 0.497 e. The molecular formula is C18H16O3. The molecule has 0 spiro atoms. The zero-order chi connectivity index (χ0) is 15.1. The van der Waals surface area contributed by atoms with Crippen molar-refractivity contribution in [2.24, 2.45) is 0 Å². The molecule has 0 bridgehead atoms. The van der Waals surface area contributed by atoms with Gasteiger partial charge in [-0.3, -0.25) is 0 Å². The van der Waals surface area contributed by atoms with Gasteiger partial charge in [-0.1, -0.05) is 36.9 Å². The monoisotopic (exact) mass is 280 g/mol. The fraction of sp³-hybridized carbons (Fsp3) is 0.0556. The van der Waals surface area contributed by atoms with Crippen LogP contribution in [-0.2, 0) is 4.79 Å². The molecule has 0 saturated carbocycles. The smallest absolute Gasteiger partial charge is 0.336 e. The number of rotatable bonds is 5. The summed E-state index contributed by atoms with van der Waals surface area (Å²) in [5.41, 5.74) is 1.80. The molecule has 0 fully saturated rings. The van der Waals surface area contributed by atoms with Gasteiger partial charge in [0.2, 0.25) is 0 Å². The van der Waals surface area contributed by atoms with E-state index < -0.39 is 5.97 Å². The Bertz CT molecular complexity index is 654. The molecule has 2 aromatic carbocycles. The van der Waals surface area contributed by atoms with Gasteiger partial charge in [-0.05, 0) is 41.5 Å². The maximum Gasteiger partial charge on any atom is 0.336 e. The standard InChI is InChI=1S/C18H16O3/c1-3-14-5-4-6-17(13-14)21-18(19)12-9-15-7-10-16(20-2)11-8-15/h3-13H,1H2,2H3/b12-9+. The maximum absolute atomic E-state index is 11.7. The molecule has 21 heavy (non-hydrogen) atoms. The summed E-state index contributed by atoms with van der Waals surface area (Å²) in [7, 11) is 1.61. The molecule has 0 atom stereocenters. The van der Waals surface area contributed by atoms with E-state index in [1.807, 2.05) is 36.4 Å². The van der Waals surface area contributed by atoms with Gasteiger partial charge in [0.25, 0.3) is 0 Å². The number of ether oxygens (including phenoxy) is 2. The number of hydrogen-bond acceptors (Lipinski definition) is 3. The summed E-state index contributed by atoms with van der Waals surface area (Å²) in [4.78, 5) is 11.7. The highest BCUT2D eigenvalue weighted by atomic mass is 16.5. The van der Waals surface area contributed by atoms with Crippen LogP contribution in [0.3, 0.4) is 0 Å². The zero-order valence-electron chi connectivity index (χ0n) is 11.8. The van der Waals surface area contributed by atoms with Crippen molar-refractivity contribution in [1.29, 1.82) is 0 Å². The van der Waals surface area contributed by atoms with E-state index in [2.05, 4.69) is 6.58 Å². The van der Waals surface area contributed by atoms with Gasteiger partial charge in [0.15, 0.2) is 0 Å². The molecule has 3 heteroatoms. The van der Waals surface area contributed by atoms with Gasteiger partial charge >= 0.3 is 5.97 Å². The van der Waals surface area contributed by atoms with E-state index in [1.165, 1.54) is 6.08 Å². The lowest BCUT2D eigenvalue weighted by Gasteiger charge is -2.02. The average molecular weight is 280 g/mol. The number of carbonyl (C=O) groups excluding carboxylic acids is 1. The minimum atomic E-state index is -0.424. The Kier molecular flexibility index (Phi) is 4.94. The Morgan fingerprint density at radius 1 is 1.05 bits per heavy atom. The molecule has 0 amide bonds. The minimum absolute atomic E-state index is 0.424. The summed E-state index contributed by atoms with van der Waals surface area (Å²) in [5.74, 6) is 0.847. The van der Waals surface area contributed by atoms with Crippen molar-refractivity contribution < 1.29 is 14.3 Å². The Morgan fingerprint density at radius 2 is 1.81 bits per heavy atom. The molecule has 0 aliphatic carbocycles. The van der Waals surface area contributed by atoms with Crippen LogP contribution in [0.4, 0.5) is 0 Å². The van der Waals surface area contributed by atoms with E-state index in [4.69, 9.17) is 9.47 Å². The number of methoxy groups -OCH3 is 1. The van der Waals surface area contributed by atoms with Crippen LogP contribution in [0.25, 0.3) is 12.2 Å². The number of benzene rings is 2. The second-order valence-electron chi connectivity index (χ2n) is 4.30. The molecular weight excluding hydrogens is 264 g/mol. The summed E-state index contributed by atoms with van der Waals surface area (Å²) in [6.45, 7) is 3.68. The molecule has 0 heterocycles. The molecule has 0 unspecified atom stereocenters. The first kappa shape index (κ1) is 14.6. The highest BCUT2D eigenvalue weighted by Crippen LogP contribution is 2.15. The summed E-state index contributed by atoms with van der Waals surface area (Å²) in [6.07, 6.45) is 4.78. The predicted octanol–water partition coefficient (Wildman–Crippen LogP) is 3.96. The quantitative estimate of drug-likeness (QED) is 0.472. The van der Waals surface area contributed by atoms with Crippen molar-refractivity contribution in [1.82, 2.24) is 0 Å². The van der Waals surface area contributed by atoms with E-state index in [0.29, 0.717) is 5.75 Å². The molecule has 0 aliphatic heterocycles. The third-order valence-corrected chi connectivity index (χ3v) is 2.84. The first-order valence-corrected chi connectivity index (χ1v) is 6.48. The van der Waals surface area contributed by atoms with E-state index in [9.17, 15) is 4.79 Å². The van der Waals surface area contributed by atoms with E-state index >= 15 is 0 Å². The average Bonchev–Trinajstić information content (AvgIpc) is 2.53. The van der Waals surface area contributed by atoms with Gasteiger partial charge < -0.3 is 9.47 Å². The summed E-state index contributed by atoms with van der Waals surface area (Å²) < 4.78 is 10.3. The Balaban J connectivity index is 1.99. The third-order valence-electron chi connectivity index (χ3n) is 2.84. The third kappa shape index (κ3) is 4.35. The number of esters is 1. The van der Waals surface area contributed by atoms with Crippen LogP contribution in [0.2, 0.25) is 0 Å². The second kappa shape index (κ2) is 7.10. The molecule has 2 rings (SSSR count). The topological polar surface area (TPSA) is 35.5 Å². The van der Waals surface area contributed by atoms with Crippen LogP contribution in [0.5, 0.6) is 11.5 Å². The maximum atomic E-state index is 11.7. The lowest BCUT2D eigenvalue weighted by molar-refractivity contribution is -0.128. The first-order valence-electron chi connectivity index (χ1n) is 6.48. The first-order chi connectivity index (χ1) is 10.2. The molecule has 0 aliphatic rings. The van der Waals surface area contributed by atoms with Gasteiger partial charge in [-0.25, -0.2) is 4.79 Å². The van der Waals surface area contributed by atoms with Crippen molar-refractivity contribution in [3.05, 3.63) is 72.3 Å².